The Morgan fingerprint density at radius 1 is 1.48 bits per heavy atom. The van der Waals surface area contributed by atoms with Crippen molar-refractivity contribution in [3.8, 4) is 11.8 Å². The van der Waals surface area contributed by atoms with E-state index in [-0.39, 0.29) is 12.5 Å². The van der Waals surface area contributed by atoms with Crippen molar-refractivity contribution in [1.29, 1.82) is 0 Å². The molecular weight excluding hydrogens is 286 g/mol. The van der Waals surface area contributed by atoms with E-state index in [1.165, 1.54) is 0 Å². The lowest BCUT2D eigenvalue weighted by molar-refractivity contribution is 0.0775. The number of halogens is 1. The van der Waals surface area contributed by atoms with Gasteiger partial charge in [0.2, 0.25) is 0 Å². The van der Waals surface area contributed by atoms with Crippen molar-refractivity contribution in [3.05, 3.63) is 34.3 Å². The van der Waals surface area contributed by atoms with Crippen LogP contribution in [0.4, 0.5) is 0 Å². The molecule has 0 spiro atoms. The number of amides is 1. The van der Waals surface area contributed by atoms with E-state index in [0.29, 0.717) is 28.5 Å². The molecule has 1 rings (SSSR count). The lowest BCUT2D eigenvalue weighted by Crippen LogP contribution is -2.30. The quantitative estimate of drug-likeness (QED) is 0.849. The molecule has 0 aromatic heterocycles. The van der Waals surface area contributed by atoms with Gasteiger partial charge >= 0.3 is 0 Å². The molecular formula is C17H22ClNO2. The van der Waals surface area contributed by atoms with Gasteiger partial charge in [-0.2, -0.15) is 0 Å². The van der Waals surface area contributed by atoms with E-state index in [4.69, 9.17) is 16.7 Å². The minimum Gasteiger partial charge on any atom is -0.395 e. The molecule has 114 valence electrons. The number of hydrogen-bond acceptors (Lipinski definition) is 2. The second-order valence-electron chi connectivity index (χ2n) is 5.17. The summed E-state index contributed by atoms with van der Waals surface area (Å²) >= 11 is 6.15. The maximum atomic E-state index is 12.3. The number of benzene rings is 1. The zero-order valence-corrected chi connectivity index (χ0v) is 13.6. The van der Waals surface area contributed by atoms with Crippen LogP contribution in [-0.4, -0.2) is 36.1 Å². The fourth-order valence-electron chi connectivity index (χ4n) is 1.86. The first-order chi connectivity index (χ1) is 9.99. The third-order valence-corrected chi connectivity index (χ3v) is 3.62. The number of rotatable bonds is 5. The lowest BCUT2D eigenvalue weighted by Gasteiger charge is -2.21. The number of carbonyl (C=O) groups is 1. The highest BCUT2D eigenvalue weighted by Crippen LogP contribution is 2.18. The van der Waals surface area contributed by atoms with Crippen LogP contribution >= 0.6 is 11.6 Å². The van der Waals surface area contributed by atoms with Gasteiger partial charge in [0.1, 0.15) is 0 Å². The largest absolute Gasteiger partial charge is 0.395 e. The van der Waals surface area contributed by atoms with E-state index in [1.54, 1.807) is 30.1 Å². The Kier molecular flexibility index (Phi) is 7.28. The summed E-state index contributed by atoms with van der Waals surface area (Å²) in [5.41, 5.74) is 1.24. The molecule has 4 heteroatoms. The van der Waals surface area contributed by atoms with Crippen LogP contribution < -0.4 is 0 Å². The first-order valence-corrected chi connectivity index (χ1v) is 7.52. The minimum absolute atomic E-state index is 0.0294. The van der Waals surface area contributed by atoms with Crippen LogP contribution in [0.15, 0.2) is 18.2 Å². The van der Waals surface area contributed by atoms with Crippen LogP contribution in [0, 0.1) is 17.8 Å². The molecule has 0 bridgehead atoms. The van der Waals surface area contributed by atoms with Crippen molar-refractivity contribution in [2.24, 2.45) is 5.92 Å². The Bertz CT molecular complexity index is 545. The van der Waals surface area contributed by atoms with E-state index in [2.05, 4.69) is 25.7 Å². The molecule has 1 aromatic rings. The van der Waals surface area contributed by atoms with Gasteiger partial charge < -0.3 is 10.0 Å². The summed E-state index contributed by atoms with van der Waals surface area (Å²) in [4.78, 5) is 14.0. The topological polar surface area (TPSA) is 40.5 Å². The van der Waals surface area contributed by atoms with E-state index in [9.17, 15) is 4.79 Å². The Hall–Kier alpha value is -1.50. The summed E-state index contributed by atoms with van der Waals surface area (Å²) < 4.78 is 0. The van der Waals surface area contributed by atoms with Gasteiger partial charge in [0.05, 0.1) is 11.6 Å². The van der Waals surface area contributed by atoms with Crippen molar-refractivity contribution in [3.63, 3.8) is 0 Å². The molecule has 0 saturated heterocycles. The fourth-order valence-corrected chi connectivity index (χ4v) is 2.09. The molecule has 1 amide bonds. The van der Waals surface area contributed by atoms with Crippen LogP contribution in [-0.2, 0) is 0 Å². The van der Waals surface area contributed by atoms with Gasteiger partial charge in [0.15, 0.2) is 0 Å². The van der Waals surface area contributed by atoms with Gasteiger partial charge in [-0.15, -0.1) is 0 Å². The molecule has 1 N–H and O–H groups in total. The standard InChI is InChI=1S/C17H22ClNO2/c1-4-13(2)12-19(3)17(21)15-9-8-14(16(18)11-15)7-5-6-10-20/h8-9,11,13,20H,4,6,10,12H2,1-3H3. The minimum atomic E-state index is -0.0351. The Morgan fingerprint density at radius 3 is 2.76 bits per heavy atom. The molecule has 0 aliphatic carbocycles. The summed E-state index contributed by atoms with van der Waals surface area (Å²) in [7, 11) is 1.80. The average molecular weight is 308 g/mol. The number of aliphatic hydroxyl groups is 1. The molecule has 0 radical (unpaired) electrons. The van der Waals surface area contributed by atoms with E-state index < -0.39 is 0 Å². The second kappa shape index (κ2) is 8.71. The average Bonchev–Trinajstić information content (AvgIpc) is 2.48. The maximum absolute atomic E-state index is 12.3. The number of carbonyl (C=O) groups excluding carboxylic acids is 1. The van der Waals surface area contributed by atoms with Gasteiger partial charge in [-0.25, -0.2) is 0 Å². The van der Waals surface area contributed by atoms with E-state index >= 15 is 0 Å². The molecule has 0 saturated carbocycles. The summed E-state index contributed by atoms with van der Waals surface area (Å²) in [6.07, 6.45) is 1.45. The van der Waals surface area contributed by atoms with Crippen molar-refractivity contribution < 1.29 is 9.90 Å². The summed E-state index contributed by atoms with van der Waals surface area (Å²) in [5, 5.41) is 9.16. The third kappa shape index (κ3) is 5.41. The van der Waals surface area contributed by atoms with Gasteiger partial charge in [0.25, 0.3) is 5.91 Å². The Labute approximate surface area is 131 Å². The van der Waals surface area contributed by atoms with Gasteiger partial charge in [-0.3, -0.25) is 4.79 Å². The molecule has 21 heavy (non-hydrogen) atoms. The van der Waals surface area contributed by atoms with Gasteiger partial charge in [-0.05, 0) is 24.1 Å². The van der Waals surface area contributed by atoms with Crippen LogP contribution in [0.5, 0.6) is 0 Å². The smallest absolute Gasteiger partial charge is 0.253 e. The van der Waals surface area contributed by atoms with Crippen LogP contribution in [0.1, 0.15) is 42.6 Å². The van der Waals surface area contributed by atoms with Crippen molar-refractivity contribution in [2.75, 3.05) is 20.2 Å². The monoisotopic (exact) mass is 307 g/mol. The van der Waals surface area contributed by atoms with E-state index in [1.807, 2.05) is 0 Å². The molecule has 1 atom stereocenters. The van der Waals surface area contributed by atoms with Crippen LogP contribution in [0.25, 0.3) is 0 Å². The summed E-state index contributed by atoms with van der Waals surface area (Å²) in [5.74, 6) is 6.14. The molecule has 3 nitrogen and oxygen atoms in total. The van der Waals surface area contributed by atoms with Crippen molar-refractivity contribution >= 4 is 17.5 Å². The zero-order valence-electron chi connectivity index (χ0n) is 12.8. The molecule has 0 aliphatic rings. The molecule has 0 fully saturated rings. The highest BCUT2D eigenvalue weighted by atomic mass is 35.5. The predicted molar refractivity (Wildman–Crippen MR) is 86.4 cm³/mol. The SMILES string of the molecule is CCC(C)CN(C)C(=O)c1ccc(C#CCCO)c(Cl)c1. The van der Waals surface area contributed by atoms with Crippen molar-refractivity contribution in [1.82, 2.24) is 4.90 Å². The highest BCUT2D eigenvalue weighted by molar-refractivity contribution is 6.32. The molecule has 1 aromatic carbocycles. The van der Waals surface area contributed by atoms with Crippen LogP contribution in [0.2, 0.25) is 5.02 Å². The molecule has 1 unspecified atom stereocenters. The van der Waals surface area contributed by atoms with Crippen molar-refractivity contribution in [2.45, 2.75) is 26.7 Å². The number of hydrogen-bond donors (Lipinski definition) is 1. The van der Waals surface area contributed by atoms with Gasteiger partial charge in [-0.1, -0.05) is 43.7 Å². The summed E-state index contributed by atoms with van der Waals surface area (Å²) in [6, 6.07) is 5.14. The van der Waals surface area contributed by atoms with Gasteiger partial charge in [0, 0.05) is 31.1 Å². The summed E-state index contributed by atoms with van der Waals surface area (Å²) in [6.45, 7) is 4.99. The predicted octanol–water partition coefficient (Wildman–Crippen LogP) is 3.19. The normalized spacial score (nSPS) is 11.5. The number of aliphatic hydroxyl groups excluding tert-OH is 1. The maximum Gasteiger partial charge on any atom is 0.253 e. The number of nitrogens with zero attached hydrogens (tertiary/aromatic N) is 1. The van der Waals surface area contributed by atoms with E-state index in [0.717, 1.165) is 13.0 Å². The fraction of sp³-hybridized carbons (Fsp3) is 0.471. The Morgan fingerprint density at radius 2 is 2.19 bits per heavy atom. The van der Waals surface area contributed by atoms with Crippen LogP contribution in [0.3, 0.4) is 0 Å². The lowest BCUT2D eigenvalue weighted by atomic mass is 10.1. The zero-order chi connectivity index (χ0) is 15.8. The second-order valence-corrected chi connectivity index (χ2v) is 5.58. The first kappa shape index (κ1) is 17.6. The third-order valence-electron chi connectivity index (χ3n) is 3.31. The molecule has 0 heterocycles. The Balaban J connectivity index is 2.83. The first-order valence-electron chi connectivity index (χ1n) is 7.14. The molecule has 0 aliphatic heterocycles. The highest BCUT2D eigenvalue weighted by Gasteiger charge is 2.14.